The average molecular weight is 401 g/mol. The molecular weight excluding hydrogens is 377 g/mol. The molecule has 0 aliphatic carbocycles. The molecule has 1 fully saturated rings. The average Bonchev–Trinajstić information content (AvgIpc) is 3.14. The van der Waals surface area contributed by atoms with Gasteiger partial charge in [-0.3, -0.25) is 0 Å². The number of imidazole rings is 1. The minimum absolute atomic E-state index is 0.00292. The van der Waals surface area contributed by atoms with Crippen molar-refractivity contribution in [2.24, 2.45) is 0 Å². The maximum absolute atomic E-state index is 12.8. The molecule has 2 aromatic rings. The number of hydrogen-bond donors (Lipinski definition) is 0. The van der Waals surface area contributed by atoms with Crippen molar-refractivity contribution in [3.8, 4) is 0 Å². The highest BCUT2D eigenvalue weighted by Gasteiger charge is 2.37. The van der Waals surface area contributed by atoms with E-state index < -0.39 is 11.7 Å². The second-order valence-corrected chi connectivity index (χ2v) is 10.0. The maximum Gasteiger partial charge on any atom is 0.416 e. The standard InChI is InChI=1S/C19H23F3N2S2/c1-2-17-7-12-25-18(26-17,8-10-24-11-9-23-14-24)13-15-3-5-16(6-4-15)19(20,21)22/h3-6,9,11,14,17H,2,7-8,10,12-13H2,1H3. The molecule has 3 rings (SSSR count). The zero-order valence-corrected chi connectivity index (χ0v) is 16.3. The summed E-state index contributed by atoms with van der Waals surface area (Å²) >= 11 is 3.98. The molecule has 1 saturated heterocycles. The Bertz CT molecular complexity index is 686. The van der Waals surface area contributed by atoms with Crippen LogP contribution in [0.25, 0.3) is 0 Å². The van der Waals surface area contributed by atoms with E-state index in [0.29, 0.717) is 5.25 Å². The summed E-state index contributed by atoms with van der Waals surface area (Å²) < 4.78 is 40.5. The molecule has 2 nitrogen and oxygen atoms in total. The van der Waals surface area contributed by atoms with Crippen LogP contribution in [0.1, 0.15) is 37.3 Å². The van der Waals surface area contributed by atoms with Crippen LogP contribution in [-0.2, 0) is 19.1 Å². The van der Waals surface area contributed by atoms with Gasteiger partial charge in [0, 0.05) is 24.2 Å². The number of benzene rings is 1. The van der Waals surface area contributed by atoms with Gasteiger partial charge in [-0.05, 0) is 49.1 Å². The second kappa shape index (κ2) is 8.30. The van der Waals surface area contributed by atoms with Crippen molar-refractivity contribution >= 4 is 23.5 Å². The van der Waals surface area contributed by atoms with Crippen LogP contribution >= 0.6 is 23.5 Å². The zero-order valence-electron chi connectivity index (χ0n) is 14.7. The number of thioether (sulfide) groups is 2. The van der Waals surface area contributed by atoms with Gasteiger partial charge in [-0.2, -0.15) is 13.2 Å². The smallest absolute Gasteiger partial charge is 0.337 e. The highest BCUT2D eigenvalue weighted by molar-refractivity contribution is 8.19. The normalized spacial score (nSPS) is 23.9. The van der Waals surface area contributed by atoms with Gasteiger partial charge < -0.3 is 4.57 Å². The third kappa shape index (κ3) is 5.00. The van der Waals surface area contributed by atoms with E-state index in [0.717, 1.165) is 37.1 Å². The molecule has 0 radical (unpaired) electrons. The van der Waals surface area contributed by atoms with Gasteiger partial charge in [0.05, 0.1) is 16.0 Å². The summed E-state index contributed by atoms with van der Waals surface area (Å²) in [6, 6.07) is 5.68. The largest absolute Gasteiger partial charge is 0.416 e. The Morgan fingerprint density at radius 3 is 2.65 bits per heavy atom. The van der Waals surface area contributed by atoms with Gasteiger partial charge in [-0.15, -0.1) is 23.5 Å². The number of aryl methyl sites for hydroxylation is 1. The van der Waals surface area contributed by atoms with Crippen LogP contribution in [0.4, 0.5) is 13.2 Å². The number of hydrogen-bond acceptors (Lipinski definition) is 3. The molecule has 1 aliphatic rings. The van der Waals surface area contributed by atoms with Crippen molar-refractivity contribution in [1.82, 2.24) is 9.55 Å². The second-order valence-electron chi connectivity index (χ2n) is 6.62. The van der Waals surface area contributed by atoms with E-state index in [1.54, 1.807) is 18.3 Å². The first-order valence-corrected chi connectivity index (χ1v) is 10.7. The topological polar surface area (TPSA) is 17.8 Å². The lowest BCUT2D eigenvalue weighted by Gasteiger charge is -2.40. The molecule has 26 heavy (non-hydrogen) atoms. The lowest BCUT2D eigenvalue weighted by molar-refractivity contribution is -0.137. The predicted molar refractivity (Wildman–Crippen MR) is 103 cm³/mol. The molecule has 0 spiro atoms. The first-order chi connectivity index (χ1) is 12.4. The molecule has 2 atom stereocenters. The monoisotopic (exact) mass is 400 g/mol. The fraction of sp³-hybridized carbons (Fsp3) is 0.526. The molecule has 1 aliphatic heterocycles. The molecule has 0 amide bonds. The molecule has 0 saturated carbocycles. The van der Waals surface area contributed by atoms with E-state index in [9.17, 15) is 13.2 Å². The summed E-state index contributed by atoms with van der Waals surface area (Å²) in [6.45, 7) is 3.09. The van der Waals surface area contributed by atoms with E-state index in [1.165, 1.54) is 18.6 Å². The van der Waals surface area contributed by atoms with E-state index in [1.807, 2.05) is 36.0 Å². The lowest BCUT2D eigenvalue weighted by Crippen LogP contribution is -2.33. The van der Waals surface area contributed by atoms with Gasteiger partial charge in [-0.1, -0.05) is 19.1 Å². The Kier molecular flexibility index (Phi) is 6.28. The van der Waals surface area contributed by atoms with Crippen LogP contribution in [0.15, 0.2) is 43.0 Å². The van der Waals surface area contributed by atoms with Crippen molar-refractivity contribution in [3.63, 3.8) is 0 Å². The summed E-state index contributed by atoms with van der Waals surface area (Å²) in [5.74, 6) is 1.11. The Balaban J connectivity index is 1.76. The number of aromatic nitrogens is 2. The highest BCUT2D eigenvalue weighted by atomic mass is 32.2. The summed E-state index contributed by atoms with van der Waals surface area (Å²) in [5, 5.41) is 0.619. The molecular formula is C19H23F3N2S2. The van der Waals surface area contributed by atoms with Crippen molar-refractivity contribution in [3.05, 3.63) is 54.1 Å². The maximum atomic E-state index is 12.8. The van der Waals surface area contributed by atoms with Crippen molar-refractivity contribution in [2.75, 3.05) is 5.75 Å². The van der Waals surface area contributed by atoms with Crippen LogP contribution in [0.5, 0.6) is 0 Å². The third-order valence-corrected chi connectivity index (χ3v) is 8.34. The summed E-state index contributed by atoms with van der Waals surface area (Å²) in [5.41, 5.74) is 0.393. The van der Waals surface area contributed by atoms with E-state index in [2.05, 4.69) is 16.5 Å². The first kappa shape index (κ1) is 19.7. The Hall–Kier alpha value is -1.08. The van der Waals surface area contributed by atoms with Crippen molar-refractivity contribution in [2.45, 2.75) is 54.7 Å². The van der Waals surface area contributed by atoms with Gasteiger partial charge in [0.1, 0.15) is 0 Å². The highest BCUT2D eigenvalue weighted by Crippen LogP contribution is 2.51. The van der Waals surface area contributed by atoms with Gasteiger partial charge in [0.2, 0.25) is 0 Å². The van der Waals surface area contributed by atoms with Gasteiger partial charge in [-0.25, -0.2) is 4.98 Å². The van der Waals surface area contributed by atoms with Crippen molar-refractivity contribution < 1.29 is 13.2 Å². The Labute approximate surface area is 161 Å². The SMILES string of the molecule is CCC1CCSC(CCn2ccnc2)(Cc2ccc(C(F)(F)F)cc2)S1. The van der Waals surface area contributed by atoms with Crippen LogP contribution in [0.2, 0.25) is 0 Å². The van der Waals surface area contributed by atoms with E-state index in [4.69, 9.17) is 0 Å². The summed E-state index contributed by atoms with van der Waals surface area (Å²) in [4.78, 5) is 4.10. The number of halogens is 3. The predicted octanol–water partition coefficient (Wildman–Crippen LogP) is 5.88. The molecule has 2 heterocycles. The van der Waals surface area contributed by atoms with Gasteiger partial charge in [0.15, 0.2) is 0 Å². The molecule has 142 valence electrons. The fourth-order valence-corrected chi connectivity index (χ4v) is 7.04. The molecule has 0 N–H and O–H groups in total. The summed E-state index contributed by atoms with van der Waals surface area (Å²) in [6.07, 6.45) is 5.36. The minimum atomic E-state index is -4.28. The number of nitrogens with zero attached hydrogens (tertiary/aromatic N) is 2. The van der Waals surface area contributed by atoms with Crippen LogP contribution < -0.4 is 0 Å². The quantitative estimate of drug-likeness (QED) is 0.603. The van der Waals surface area contributed by atoms with Crippen molar-refractivity contribution in [1.29, 1.82) is 0 Å². The molecule has 7 heteroatoms. The van der Waals surface area contributed by atoms with Gasteiger partial charge in [0.25, 0.3) is 0 Å². The number of rotatable bonds is 6. The Morgan fingerprint density at radius 2 is 2.04 bits per heavy atom. The molecule has 1 aromatic heterocycles. The van der Waals surface area contributed by atoms with E-state index >= 15 is 0 Å². The third-order valence-electron chi connectivity index (χ3n) is 4.71. The van der Waals surface area contributed by atoms with E-state index in [-0.39, 0.29) is 4.08 Å². The van der Waals surface area contributed by atoms with Crippen LogP contribution in [-0.4, -0.2) is 24.6 Å². The minimum Gasteiger partial charge on any atom is -0.337 e. The molecule has 2 unspecified atom stereocenters. The lowest BCUT2D eigenvalue weighted by atomic mass is 10.0. The van der Waals surface area contributed by atoms with Crippen LogP contribution in [0, 0.1) is 0 Å². The van der Waals surface area contributed by atoms with Crippen LogP contribution in [0.3, 0.4) is 0 Å². The summed E-state index contributed by atoms with van der Waals surface area (Å²) in [7, 11) is 0. The zero-order chi connectivity index (χ0) is 18.6. The Morgan fingerprint density at radius 1 is 1.27 bits per heavy atom. The van der Waals surface area contributed by atoms with Gasteiger partial charge >= 0.3 is 6.18 Å². The molecule has 1 aromatic carbocycles. The fourth-order valence-electron chi connectivity index (χ4n) is 3.21. The first-order valence-electron chi connectivity index (χ1n) is 8.84. The molecule has 0 bridgehead atoms. The number of alkyl halides is 3.